The number of thiazole rings is 1. The molecule has 0 atom stereocenters. The van der Waals surface area contributed by atoms with Gasteiger partial charge < -0.3 is 4.74 Å². The normalized spacial score (nSPS) is 10.6. The number of aryl methyl sites for hydroxylation is 2. The smallest absolute Gasteiger partial charge is 0.276 e. The molecule has 0 saturated heterocycles. The van der Waals surface area contributed by atoms with Crippen LogP contribution in [0, 0.1) is 13.8 Å². The number of ether oxygens (including phenoxy) is 1. The zero-order valence-electron chi connectivity index (χ0n) is 14.9. The van der Waals surface area contributed by atoms with Crippen molar-refractivity contribution in [3.63, 3.8) is 0 Å². The van der Waals surface area contributed by atoms with Crippen LogP contribution in [-0.4, -0.2) is 29.2 Å². The van der Waals surface area contributed by atoms with Gasteiger partial charge in [0.1, 0.15) is 5.75 Å². The SMILES string of the molecule is Cc1ccc(C)c(OCC(=O)NNC(=O)CSc2nc3ccccc3s2)c1. The van der Waals surface area contributed by atoms with Crippen molar-refractivity contribution < 1.29 is 14.3 Å². The lowest BCUT2D eigenvalue weighted by molar-refractivity contribution is -0.128. The van der Waals surface area contributed by atoms with Gasteiger partial charge in [-0.1, -0.05) is 36.0 Å². The van der Waals surface area contributed by atoms with Gasteiger partial charge >= 0.3 is 0 Å². The lowest BCUT2D eigenvalue weighted by Crippen LogP contribution is -2.44. The molecule has 1 heterocycles. The highest BCUT2D eigenvalue weighted by atomic mass is 32.2. The van der Waals surface area contributed by atoms with E-state index in [1.165, 1.54) is 23.1 Å². The molecule has 27 heavy (non-hydrogen) atoms. The summed E-state index contributed by atoms with van der Waals surface area (Å²) in [5, 5.41) is 0. The molecule has 0 aliphatic heterocycles. The number of amides is 2. The van der Waals surface area contributed by atoms with Crippen LogP contribution in [0.1, 0.15) is 11.1 Å². The number of hydrogen-bond donors (Lipinski definition) is 2. The first-order chi connectivity index (χ1) is 13.0. The number of hydrazine groups is 1. The van der Waals surface area contributed by atoms with E-state index in [-0.39, 0.29) is 18.3 Å². The summed E-state index contributed by atoms with van der Waals surface area (Å²) in [5.41, 5.74) is 7.66. The molecule has 2 N–H and O–H groups in total. The van der Waals surface area contributed by atoms with E-state index in [1.807, 2.05) is 56.3 Å². The van der Waals surface area contributed by atoms with Crippen LogP contribution in [-0.2, 0) is 9.59 Å². The standard InChI is InChI=1S/C19H19N3O3S2/c1-12-7-8-13(2)15(9-12)25-10-17(23)21-22-18(24)11-26-19-20-14-5-3-4-6-16(14)27-19/h3-9H,10-11H2,1-2H3,(H,21,23)(H,22,24). The Bertz CT molecular complexity index is 939. The van der Waals surface area contributed by atoms with Gasteiger partial charge in [-0.3, -0.25) is 20.4 Å². The van der Waals surface area contributed by atoms with Gasteiger partial charge in [0.2, 0.25) is 5.91 Å². The molecular weight excluding hydrogens is 382 g/mol. The molecule has 3 aromatic rings. The summed E-state index contributed by atoms with van der Waals surface area (Å²) in [4.78, 5) is 28.2. The number of carbonyl (C=O) groups is 2. The molecular formula is C19H19N3O3S2. The number of para-hydroxylation sites is 1. The van der Waals surface area contributed by atoms with Crippen molar-refractivity contribution in [2.75, 3.05) is 12.4 Å². The minimum Gasteiger partial charge on any atom is -0.483 e. The molecule has 0 spiro atoms. The fourth-order valence-corrected chi connectivity index (χ4v) is 4.13. The molecule has 8 heteroatoms. The highest BCUT2D eigenvalue weighted by Crippen LogP contribution is 2.28. The Kier molecular flexibility index (Phi) is 6.31. The number of nitrogens with zero attached hydrogens (tertiary/aromatic N) is 1. The second kappa shape index (κ2) is 8.88. The predicted molar refractivity (Wildman–Crippen MR) is 108 cm³/mol. The quantitative estimate of drug-likeness (QED) is 0.490. The average Bonchev–Trinajstić information content (AvgIpc) is 3.08. The molecule has 140 valence electrons. The summed E-state index contributed by atoms with van der Waals surface area (Å²) in [6.45, 7) is 3.69. The van der Waals surface area contributed by atoms with E-state index in [9.17, 15) is 9.59 Å². The maximum absolute atomic E-state index is 11.9. The second-order valence-electron chi connectivity index (χ2n) is 5.89. The minimum atomic E-state index is -0.422. The van der Waals surface area contributed by atoms with Gasteiger partial charge in [0.15, 0.2) is 10.9 Å². The monoisotopic (exact) mass is 401 g/mol. The molecule has 0 aliphatic carbocycles. The fraction of sp³-hybridized carbons (Fsp3) is 0.211. The van der Waals surface area contributed by atoms with Crippen molar-refractivity contribution in [1.82, 2.24) is 15.8 Å². The average molecular weight is 402 g/mol. The number of nitrogens with one attached hydrogen (secondary N) is 2. The number of benzene rings is 2. The Balaban J connectivity index is 1.40. The maximum Gasteiger partial charge on any atom is 0.276 e. The van der Waals surface area contributed by atoms with Crippen LogP contribution in [0.2, 0.25) is 0 Å². The van der Waals surface area contributed by atoms with E-state index < -0.39 is 5.91 Å². The van der Waals surface area contributed by atoms with E-state index in [0.717, 1.165) is 25.7 Å². The largest absolute Gasteiger partial charge is 0.483 e. The van der Waals surface area contributed by atoms with Gasteiger partial charge in [-0.25, -0.2) is 4.98 Å². The number of thioether (sulfide) groups is 1. The van der Waals surface area contributed by atoms with Gasteiger partial charge in [0.05, 0.1) is 16.0 Å². The van der Waals surface area contributed by atoms with Crippen molar-refractivity contribution >= 4 is 45.1 Å². The molecule has 3 rings (SSSR count). The third-order valence-electron chi connectivity index (χ3n) is 3.64. The first-order valence-electron chi connectivity index (χ1n) is 8.27. The Hall–Kier alpha value is -2.58. The Morgan fingerprint density at radius 2 is 1.89 bits per heavy atom. The first-order valence-corrected chi connectivity index (χ1v) is 10.1. The summed E-state index contributed by atoms with van der Waals surface area (Å²) < 4.78 is 7.39. The van der Waals surface area contributed by atoms with Gasteiger partial charge in [-0.2, -0.15) is 0 Å². The third kappa shape index (κ3) is 5.45. The first kappa shape index (κ1) is 19.2. The number of rotatable bonds is 6. The number of fused-ring (bicyclic) bond motifs is 1. The fourth-order valence-electron chi connectivity index (χ4n) is 2.26. The molecule has 0 unspecified atom stereocenters. The van der Waals surface area contributed by atoms with E-state index in [2.05, 4.69) is 15.8 Å². The van der Waals surface area contributed by atoms with Crippen LogP contribution in [0.25, 0.3) is 10.2 Å². The van der Waals surface area contributed by atoms with Gasteiger partial charge in [0.25, 0.3) is 5.91 Å². The molecule has 0 aliphatic rings. The van der Waals surface area contributed by atoms with Gasteiger partial charge in [0, 0.05) is 0 Å². The second-order valence-corrected chi connectivity index (χ2v) is 8.14. The van der Waals surface area contributed by atoms with Crippen LogP contribution < -0.4 is 15.6 Å². The summed E-state index contributed by atoms with van der Waals surface area (Å²) >= 11 is 2.87. The topological polar surface area (TPSA) is 80.3 Å². The Morgan fingerprint density at radius 3 is 2.70 bits per heavy atom. The van der Waals surface area contributed by atoms with Crippen LogP contribution in [0.4, 0.5) is 0 Å². The van der Waals surface area contributed by atoms with Crippen LogP contribution >= 0.6 is 23.1 Å². The lowest BCUT2D eigenvalue weighted by atomic mass is 10.1. The number of carbonyl (C=O) groups excluding carboxylic acids is 2. The highest BCUT2D eigenvalue weighted by Gasteiger charge is 2.10. The van der Waals surface area contributed by atoms with E-state index in [0.29, 0.717) is 5.75 Å². The minimum absolute atomic E-state index is 0.165. The Morgan fingerprint density at radius 1 is 1.11 bits per heavy atom. The summed E-state index contributed by atoms with van der Waals surface area (Å²) in [7, 11) is 0. The highest BCUT2D eigenvalue weighted by molar-refractivity contribution is 8.01. The molecule has 6 nitrogen and oxygen atoms in total. The van der Waals surface area contributed by atoms with E-state index >= 15 is 0 Å². The molecule has 0 saturated carbocycles. The zero-order valence-corrected chi connectivity index (χ0v) is 16.6. The van der Waals surface area contributed by atoms with E-state index in [4.69, 9.17) is 4.74 Å². The van der Waals surface area contributed by atoms with Gasteiger partial charge in [-0.15, -0.1) is 11.3 Å². The number of aromatic nitrogens is 1. The van der Waals surface area contributed by atoms with Crippen molar-refractivity contribution in [3.05, 3.63) is 53.6 Å². The zero-order chi connectivity index (χ0) is 19.2. The molecule has 0 bridgehead atoms. The molecule has 2 amide bonds. The van der Waals surface area contributed by atoms with E-state index in [1.54, 1.807) is 0 Å². The third-order valence-corrected chi connectivity index (χ3v) is 5.82. The lowest BCUT2D eigenvalue weighted by Gasteiger charge is -2.10. The molecule has 1 aromatic heterocycles. The van der Waals surface area contributed by atoms with Crippen LogP contribution in [0.5, 0.6) is 5.75 Å². The summed E-state index contributed by atoms with van der Waals surface area (Å²) in [6.07, 6.45) is 0. The molecule has 2 aromatic carbocycles. The van der Waals surface area contributed by atoms with Crippen molar-refractivity contribution in [1.29, 1.82) is 0 Å². The van der Waals surface area contributed by atoms with Crippen molar-refractivity contribution in [3.8, 4) is 5.75 Å². The Labute approximate surface area is 165 Å². The molecule has 0 fully saturated rings. The summed E-state index contributed by atoms with van der Waals surface area (Å²) in [5.74, 6) is 0.0919. The van der Waals surface area contributed by atoms with Crippen molar-refractivity contribution in [2.24, 2.45) is 0 Å². The van der Waals surface area contributed by atoms with Crippen LogP contribution in [0.15, 0.2) is 46.8 Å². The summed E-state index contributed by atoms with van der Waals surface area (Å²) in [6, 6.07) is 13.6. The van der Waals surface area contributed by atoms with Gasteiger partial charge in [-0.05, 0) is 43.2 Å². The molecule has 0 radical (unpaired) electrons. The number of hydrogen-bond acceptors (Lipinski definition) is 6. The maximum atomic E-state index is 11.9. The van der Waals surface area contributed by atoms with Crippen LogP contribution in [0.3, 0.4) is 0 Å². The van der Waals surface area contributed by atoms with Crippen molar-refractivity contribution in [2.45, 2.75) is 18.2 Å². The predicted octanol–water partition coefficient (Wildman–Crippen LogP) is 3.23.